The molecular weight excluding hydrogens is 172 g/mol. The maximum Gasteiger partial charge on any atom is 0.0465 e. The molecule has 0 saturated heterocycles. The van der Waals surface area contributed by atoms with E-state index in [-0.39, 0.29) is 0 Å². The first-order valence-electron chi connectivity index (χ1n) is 5.36. The Morgan fingerprint density at radius 2 is 2.36 bits per heavy atom. The molecule has 0 aliphatic heterocycles. The summed E-state index contributed by atoms with van der Waals surface area (Å²) in [6.45, 7) is 3.03. The Hall–Kier alpha value is -0.820. The van der Waals surface area contributed by atoms with Gasteiger partial charge in [0.05, 0.1) is 0 Å². The van der Waals surface area contributed by atoms with Crippen molar-refractivity contribution >= 4 is 0 Å². The normalized spacial score (nSPS) is 17.0. The molecule has 0 radical (unpaired) electrons. The largest absolute Gasteiger partial charge is 0.385 e. The molecule has 78 valence electrons. The lowest BCUT2D eigenvalue weighted by atomic mass is 10.00. The molecule has 0 spiro atoms. The van der Waals surface area contributed by atoms with E-state index < -0.39 is 0 Å². The third-order valence-electron chi connectivity index (χ3n) is 2.36. The summed E-state index contributed by atoms with van der Waals surface area (Å²) in [5.41, 5.74) is 2.86. The van der Waals surface area contributed by atoms with Crippen molar-refractivity contribution in [3.05, 3.63) is 35.5 Å². The van der Waals surface area contributed by atoms with Crippen molar-refractivity contribution in [2.24, 2.45) is 0 Å². The van der Waals surface area contributed by atoms with Crippen LogP contribution in [-0.2, 0) is 4.74 Å². The van der Waals surface area contributed by atoms with Crippen molar-refractivity contribution in [3.8, 4) is 0 Å². The molecule has 0 saturated carbocycles. The molecule has 0 atom stereocenters. The predicted octanol–water partition coefficient (Wildman–Crippen LogP) is 3.64. The second-order valence-electron chi connectivity index (χ2n) is 3.74. The summed E-state index contributed by atoms with van der Waals surface area (Å²) in [6.07, 6.45) is 13.7. The van der Waals surface area contributed by atoms with Crippen molar-refractivity contribution in [3.63, 3.8) is 0 Å². The lowest BCUT2D eigenvalue weighted by Crippen LogP contribution is -1.88. The lowest BCUT2D eigenvalue weighted by molar-refractivity contribution is 0.196. The fraction of sp³-hybridized carbons (Fsp3) is 0.538. The van der Waals surface area contributed by atoms with Crippen LogP contribution in [0.25, 0.3) is 0 Å². The van der Waals surface area contributed by atoms with Gasteiger partial charge in [0.25, 0.3) is 0 Å². The average molecular weight is 192 g/mol. The summed E-state index contributed by atoms with van der Waals surface area (Å²) in [4.78, 5) is 0. The highest BCUT2D eigenvalue weighted by Gasteiger charge is 1.98. The molecule has 0 fully saturated rings. The van der Waals surface area contributed by atoms with Crippen molar-refractivity contribution in [1.82, 2.24) is 0 Å². The van der Waals surface area contributed by atoms with Gasteiger partial charge in [0.15, 0.2) is 0 Å². The molecule has 0 heterocycles. The number of hydrogen-bond donors (Lipinski definition) is 0. The zero-order valence-electron chi connectivity index (χ0n) is 9.25. The lowest BCUT2D eigenvalue weighted by Gasteiger charge is -2.07. The van der Waals surface area contributed by atoms with Crippen molar-refractivity contribution in [2.75, 3.05) is 13.7 Å². The highest BCUT2D eigenvalue weighted by atomic mass is 16.5. The van der Waals surface area contributed by atoms with E-state index >= 15 is 0 Å². The van der Waals surface area contributed by atoms with Crippen molar-refractivity contribution in [1.29, 1.82) is 0 Å². The summed E-state index contributed by atoms with van der Waals surface area (Å²) in [5.74, 6) is 0. The molecular formula is C13H20O. The van der Waals surface area contributed by atoms with Crippen LogP contribution in [0.3, 0.4) is 0 Å². The molecule has 0 N–H and O–H groups in total. The first-order valence-corrected chi connectivity index (χ1v) is 5.36. The first-order chi connectivity index (χ1) is 6.83. The van der Waals surface area contributed by atoms with E-state index in [1.807, 2.05) is 0 Å². The van der Waals surface area contributed by atoms with E-state index in [9.17, 15) is 0 Å². The van der Waals surface area contributed by atoms with E-state index in [4.69, 9.17) is 4.74 Å². The van der Waals surface area contributed by atoms with Gasteiger partial charge < -0.3 is 4.74 Å². The van der Waals surface area contributed by atoms with Gasteiger partial charge in [-0.15, -0.1) is 0 Å². The fourth-order valence-electron chi connectivity index (χ4n) is 1.60. The topological polar surface area (TPSA) is 9.23 Å². The summed E-state index contributed by atoms with van der Waals surface area (Å²) >= 11 is 0. The van der Waals surface area contributed by atoms with Crippen LogP contribution in [0.2, 0.25) is 0 Å². The molecule has 0 aromatic carbocycles. The molecule has 1 aliphatic carbocycles. The van der Waals surface area contributed by atoms with Crippen LogP contribution >= 0.6 is 0 Å². The standard InChI is InChI=1S/C13H20O/c1-12-7-6-9-13(11-12)8-4-3-5-10-14-2/h4,7-8,11H,3,5-6,9-10H2,1-2H3/b8-4+. The van der Waals surface area contributed by atoms with Crippen LogP contribution in [-0.4, -0.2) is 13.7 Å². The third kappa shape index (κ3) is 4.43. The summed E-state index contributed by atoms with van der Waals surface area (Å²) in [7, 11) is 1.75. The number of unbranched alkanes of at least 4 members (excludes halogenated alkanes) is 1. The molecule has 0 unspecified atom stereocenters. The first kappa shape index (κ1) is 11.3. The second kappa shape index (κ2) is 6.61. The van der Waals surface area contributed by atoms with Gasteiger partial charge in [0, 0.05) is 13.7 Å². The Morgan fingerprint density at radius 1 is 1.50 bits per heavy atom. The molecule has 1 heteroatoms. The van der Waals surface area contributed by atoms with Gasteiger partial charge in [0.1, 0.15) is 0 Å². The molecule has 1 aliphatic rings. The molecule has 0 aromatic heterocycles. The minimum Gasteiger partial charge on any atom is -0.385 e. The number of allylic oxidation sites excluding steroid dienone is 6. The predicted molar refractivity (Wildman–Crippen MR) is 61.3 cm³/mol. The van der Waals surface area contributed by atoms with Crippen LogP contribution in [0.4, 0.5) is 0 Å². The monoisotopic (exact) mass is 192 g/mol. The average Bonchev–Trinajstić information content (AvgIpc) is 2.18. The Morgan fingerprint density at radius 3 is 3.07 bits per heavy atom. The van der Waals surface area contributed by atoms with E-state index in [1.54, 1.807) is 7.11 Å². The van der Waals surface area contributed by atoms with Crippen LogP contribution in [0, 0.1) is 0 Å². The maximum absolute atomic E-state index is 4.99. The minimum absolute atomic E-state index is 0.863. The van der Waals surface area contributed by atoms with E-state index in [0.717, 1.165) is 19.4 Å². The molecule has 1 rings (SSSR count). The smallest absolute Gasteiger partial charge is 0.0465 e. The zero-order valence-corrected chi connectivity index (χ0v) is 9.25. The molecule has 0 aromatic rings. The van der Waals surface area contributed by atoms with Gasteiger partial charge in [-0.2, -0.15) is 0 Å². The van der Waals surface area contributed by atoms with E-state index in [0.29, 0.717) is 0 Å². The van der Waals surface area contributed by atoms with E-state index in [1.165, 1.54) is 24.0 Å². The van der Waals surface area contributed by atoms with Gasteiger partial charge in [-0.05, 0) is 38.2 Å². The zero-order chi connectivity index (χ0) is 10.2. The highest BCUT2D eigenvalue weighted by Crippen LogP contribution is 2.17. The number of methoxy groups -OCH3 is 1. The van der Waals surface area contributed by atoms with Gasteiger partial charge in [-0.25, -0.2) is 0 Å². The Bertz CT molecular complexity index is 246. The number of ether oxygens (including phenoxy) is 1. The maximum atomic E-state index is 4.99. The molecule has 0 bridgehead atoms. The van der Waals surface area contributed by atoms with Gasteiger partial charge >= 0.3 is 0 Å². The van der Waals surface area contributed by atoms with Crippen LogP contribution in [0.1, 0.15) is 32.6 Å². The van der Waals surface area contributed by atoms with Crippen LogP contribution in [0.15, 0.2) is 35.5 Å². The Kier molecular flexibility index (Phi) is 5.31. The summed E-state index contributed by atoms with van der Waals surface area (Å²) in [5, 5.41) is 0. The van der Waals surface area contributed by atoms with Crippen LogP contribution < -0.4 is 0 Å². The van der Waals surface area contributed by atoms with Crippen LogP contribution in [0.5, 0.6) is 0 Å². The SMILES string of the molecule is COCCC/C=C/C1=CC(C)=CCC1. The van der Waals surface area contributed by atoms with Crippen molar-refractivity contribution in [2.45, 2.75) is 32.6 Å². The molecule has 14 heavy (non-hydrogen) atoms. The molecule has 1 nitrogen and oxygen atoms in total. The van der Waals surface area contributed by atoms with Gasteiger partial charge in [0.2, 0.25) is 0 Å². The van der Waals surface area contributed by atoms with Gasteiger partial charge in [-0.3, -0.25) is 0 Å². The van der Waals surface area contributed by atoms with Crippen molar-refractivity contribution < 1.29 is 4.74 Å². The quantitative estimate of drug-likeness (QED) is 0.604. The second-order valence-corrected chi connectivity index (χ2v) is 3.74. The highest BCUT2D eigenvalue weighted by molar-refractivity contribution is 5.32. The summed E-state index contributed by atoms with van der Waals surface area (Å²) in [6, 6.07) is 0. The Labute approximate surface area is 87.2 Å². The Balaban J connectivity index is 2.26. The third-order valence-corrected chi connectivity index (χ3v) is 2.36. The minimum atomic E-state index is 0.863. The summed E-state index contributed by atoms with van der Waals surface area (Å²) < 4.78 is 4.99. The van der Waals surface area contributed by atoms with E-state index in [2.05, 4.69) is 31.2 Å². The fourth-order valence-corrected chi connectivity index (χ4v) is 1.60. The number of hydrogen-bond acceptors (Lipinski definition) is 1. The van der Waals surface area contributed by atoms with Gasteiger partial charge in [-0.1, -0.05) is 29.9 Å². The molecule has 0 amide bonds. The number of rotatable bonds is 5.